The molecule has 0 amide bonds. The normalized spacial score (nSPS) is 13.1. The van der Waals surface area contributed by atoms with Gasteiger partial charge in [-0.05, 0) is 0 Å². The molecule has 2 aromatic heterocycles. The van der Waals surface area contributed by atoms with E-state index in [-0.39, 0.29) is 0 Å². The van der Waals surface area contributed by atoms with E-state index in [1.54, 1.807) is 22.7 Å². The van der Waals surface area contributed by atoms with Crippen LogP contribution >= 0.6 is 40.6 Å². The Bertz CT molecular complexity index is 331. The summed E-state index contributed by atoms with van der Waals surface area (Å²) in [7, 11) is 12.9. The summed E-state index contributed by atoms with van der Waals surface area (Å²) in [5.74, 6) is 0. The van der Waals surface area contributed by atoms with Gasteiger partial charge in [-0.3, -0.25) is 0 Å². The molecule has 0 saturated heterocycles. The van der Waals surface area contributed by atoms with Crippen LogP contribution in [0.2, 0.25) is 0 Å². The van der Waals surface area contributed by atoms with E-state index < -0.39 is 15.9 Å². The van der Waals surface area contributed by atoms with Crippen LogP contribution in [-0.2, 0) is 0 Å². The molecule has 0 unspecified atom stereocenters. The fraction of sp³-hybridized carbons (Fsp3) is 0. The van der Waals surface area contributed by atoms with Gasteiger partial charge in [-0.25, -0.2) is 0 Å². The van der Waals surface area contributed by atoms with Crippen LogP contribution in [0.25, 0.3) is 0 Å². The van der Waals surface area contributed by atoms with Gasteiger partial charge in [0.1, 0.15) is 0 Å². The second kappa shape index (κ2) is 4.10. The second-order valence-corrected chi connectivity index (χ2v) is 18.3. The number of hydrogen-bond donors (Lipinski definition) is 0. The number of thiophene rings is 2. The molecule has 0 nitrogen and oxygen atoms in total. The molecule has 0 saturated carbocycles. The van der Waals surface area contributed by atoms with Crippen molar-refractivity contribution >= 4 is 62.4 Å². The van der Waals surface area contributed by atoms with Gasteiger partial charge in [0.15, 0.2) is 0 Å². The van der Waals surface area contributed by atoms with Crippen molar-refractivity contribution in [2.75, 3.05) is 0 Å². The van der Waals surface area contributed by atoms with Gasteiger partial charge in [0.2, 0.25) is 0 Å². The molecule has 0 aliphatic carbocycles. The fourth-order valence-corrected chi connectivity index (χ4v) is 12.9. The van der Waals surface area contributed by atoms with Crippen LogP contribution in [0.5, 0.6) is 0 Å². The van der Waals surface area contributed by atoms with Crippen molar-refractivity contribution in [2.24, 2.45) is 0 Å². The van der Waals surface area contributed by atoms with Gasteiger partial charge in [0.25, 0.3) is 0 Å². The fourth-order valence-electron chi connectivity index (χ4n) is 0.918. The predicted octanol–water partition coefficient (Wildman–Crippen LogP) is 2.84. The molecule has 0 N–H and O–H groups in total. The molecule has 0 aliphatic heterocycles. The summed E-state index contributed by atoms with van der Waals surface area (Å²) in [6.45, 7) is 0. The summed E-state index contributed by atoms with van der Waals surface area (Å²) in [4.78, 5) is 0. The topological polar surface area (TPSA) is 0 Å². The monoisotopic (exact) mass is 366 g/mol. The van der Waals surface area contributed by atoms with Crippen LogP contribution in [-0.4, -0.2) is 15.9 Å². The first kappa shape index (κ1) is 10.3. The summed E-state index contributed by atoms with van der Waals surface area (Å²) >= 11 is 0.390. The zero-order chi connectivity index (χ0) is 9.31. The molecule has 0 radical (unpaired) electrons. The molecule has 2 rings (SSSR count). The van der Waals surface area contributed by atoms with Gasteiger partial charge in [-0.1, -0.05) is 0 Å². The van der Waals surface area contributed by atoms with E-state index in [2.05, 4.69) is 0 Å². The predicted molar refractivity (Wildman–Crippen MR) is 65.4 cm³/mol. The Morgan fingerprint density at radius 1 is 0.923 bits per heavy atom. The van der Waals surface area contributed by atoms with E-state index >= 15 is 0 Å². The van der Waals surface area contributed by atoms with Crippen molar-refractivity contribution in [3.8, 4) is 0 Å². The second-order valence-electron chi connectivity index (χ2n) is 2.33. The van der Waals surface area contributed by atoms with E-state index in [0.29, 0.717) is 0 Å². The summed E-state index contributed by atoms with van der Waals surface area (Å²) < 4.78 is 2.32. The molecule has 5 heteroatoms. The third kappa shape index (κ3) is 2.07. The molecule has 2 heterocycles. The van der Waals surface area contributed by atoms with Crippen molar-refractivity contribution < 1.29 is 0 Å². The average Bonchev–Trinajstić information content (AvgIpc) is 2.78. The zero-order valence-electron chi connectivity index (χ0n) is 6.44. The van der Waals surface area contributed by atoms with E-state index in [0.717, 1.165) is 5.85 Å². The molecule has 2 aromatic rings. The summed E-state index contributed by atoms with van der Waals surface area (Å²) in [5.41, 5.74) is 0. The number of halogens is 2. The maximum atomic E-state index is 6.45. The average molecular weight is 365 g/mol. The minimum atomic E-state index is -2.92. The van der Waals surface area contributed by atoms with Crippen LogP contribution in [0.15, 0.2) is 35.0 Å². The Morgan fingerprint density at radius 3 is 1.69 bits per heavy atom. The van der Waals surface area contributed by atoms with Gasteiger partial charge in [0.05, 0.1) is 0 Å². The van der Waals surface area contributed by atoms with E-state index in [4.69, 9.17) is 17.9 Å². The van der Waals surface area contributed by atoms with Crippen molar-refractivity contribution in [1.29, 1.82) is 0 Å². The first-order chi connectivity index (χ1) is 6.21. The Balaban J connectivity index is 2.42. The standard InChI is InChI=1S/C8H6Cl2S2Te/c9-13(10,7-3-1-5-11-7)8-4-2-6-12-8/h1-6H. The summed E-state index contributed by atoms with van der Waals surface area (Å²) in [6.07, 6.45) is 0. The maximum absolute atomic E-state index is 6.45. The number of hydrogen-bond acceptors (Lipinski definition) is 2. The summed E-state index contributed by atoms with van der Waals surface area (Å²) in [5, 5.41) is 4.04. The molecule has 13 heavy (non-hydrogen) atoms. The first-order valence-corrected chi connectivity index (χ1v) is 13.5. The molecule has 0 aliphatic rings. The Labute approximate surface area is 96.4 Å². The van der Waals surface area contributed by atoms with Crippen LogP contribution in [0.3, 0.4) is 0 Å². The van der Waals surface area contributed by atoms with Crippen LogP contribution in [0.4, 0.5) is 0 Å². The van der Waals surface area contributed by atoms with Crippen molar-refractivity contribution in [3.63, 3.8) is 0 Å². The van der Waals surface area contributed by atoms with Crippen molar-refractivity contribution in [3.05, 3.63) is 35.0 Å². The first-order valence-electron chi connectivity index (χ1n) is 3.51. The van der Waals surface area contributed by atoms with Crippen molar-refractivity contribution in [1.82, 2.24) is 0 Å². The third-order valence-corrected chi connectivity index (χ3v) is 18.4. The van der Waals surface area contributed by atoms with Crippen LogP contribution in [0, 0.1) is 0 Å². The van der Waals surface area contributed by atoms with Gasteiger partial charge in [0, 0.05) is 0 Å². The SMILES string of the molecule is Cl[Te](Cl)(c1cccs1)c1cccs1. The minimum absolute atomic E-state index is 1.16. The molecule has 0 bridgehead atoms. The molecular formula is C8H6Cl2S2Te. The van der Waals surface area contributed by atoms with E-state index in [9.17, 15) is 0 Å². The van der Waals surface area contributed by atoms with Gasteiger partial charge >= 0.3 is 97.4 Å². The Kier molecular flexibility index (Phi) is 3.25. The number of rotatable bonds is 2. The van der Waals surface area contributed by atoms with Gasteiger partial charge in [-0.15, -0.1) is 0 Å². The van der Waals surface area contributed by atoms with Gasteiger partial charge < -0.3 is 0 Å². The third-order valence-electron chi connectivity index (χ3n) is 1.50. The quantitative estimate of drug-likeness (QED) is 0.719. The molecule has 0 fully saturated rings. The Hall–Kier alpha value is 0.770. The molecular weight excluding hydrogens is 359 g/mol. The molecule has 0 spiro atoms. The van der Waals surface area contributed by atoms with E-state index in [1.165, 1.54) is 0 Å². The molecule has 0 atom stereocenters. The summed E-state index contributed by atoms with van der Waals surface area (Å²) in [6, 6.07) is 8.06. The Morgan fingerprint density at radius 2 is 1.38 bits per heavy atom. The molecule has 0 aromatic carbocycles. The molecule has 70 valence electrons. The van der Waals surface area contributed by atoms with Gasteiger partial charge in [-0.2, -0.15) is 0 Å². The van der Waals surface area contributed by atoms with Crippen LogP contribution in [0.1, 0.15) is 0 Å². The van der Waals surface area contributed by atoms with Crippen molar-refractivity contribution in [2.45, 2.75) is 0 Å². The van der Waals surface area contributed by atoms with Crippen LogP contribution < -0.4 is 5.85 Å². The van der Waals surface area contributed by atoms with E-state index in [1.807, 2.05) is 35.0 Å². The zero-order valence-corrected chi connectivity index (χ0v) is 11.9.